The molecule has 0 radical (unpaired) electrons. The summed E-state index contributed by atoms with van der Waals surface area (Å²) in [6.45, 7) is 7.10. The lowest BCUT2D eigenvalue weighted by atomic mass is 9.97. The molecule has 160 valence electrons. The zero-order chi connectivity index (χ0) is 19.8. The van der Waals surface area contributed by atoms with E-state index in [1.165, 1.54) is 18.5 Å². The lowest BCUT2D eigenvalue weighted by Gasteiger charge is -2.31. The van der Waals surface area contributed by atoms with Crippen molar-refractivity contribution in [3.05, 3.63) is 45.1 Å². The molecule has 0 spiro atoms. The van der Waals surface area contributed by atoms with Crippen LogP contribution in [0.4, 0.5) is 0 Å². The van der Waals surface area contributed by atoms with Crippen molar-refractivity contribution in [3.8, 4) is 0 Å². The molecule has 2 aromatic heterocycles. The molecule has 29 heavy (non-hydrogen) atoms. The molecular weight excluding hydrogens is 519 g/mol. The van der Waals surface area contributed by atoms with Crippen molar-refractivity contribution in [1.82, 2.24) is 25.5 Å². The van der Waals surface area contributed by atoms with Crippen LogP contribution in [0.2, 0.25) is 5.15 Å². The van der Waals surface area contributed by atoms with Gasteiger partial charge in [0.25, 0.3) is 0 Å². The quantitative estimate of drug-likeness (QED) is 0.239. The number of likely N-dealkylation sites (tertiary alicyclic amines) is 1. The summed E-state index contributed by atoms with van der Waals surface area (Å²) < 4.78 is 0. The highest BCUT2D eigenvalue weighted by atomic mass is 127. The standard InChI is InChI=1S/C20H29ClN6S.HI/c1-15-26-18(14-28-15)13-27-9-6-17(7-10-27)12-25-20(22-2)23-8-5-16-3-4-19(21)24-11-16;/h3-4,11,14,17H,5-10,12-13H2,1-2H3,(H2,22,23,25);1H. The number of piperidine rings is 1. The third-order valence-electron chi connectivity index (χ3n) is 5.04. The van der Waals surface area contributed by atoms with Crippen LogP contribution in [-0.4, -0.2) is 54.1 Å². The molecule has 9 heteroatoms. The molecule has 0 saturated carbocycles. The van der Waals surface area contributed by atoms with Crippen molar-refractivity contribution >= 4 is 52.9 Å². The minimum Gasteiger partial charge on any atom is -0.356 e. The lowest BCUT2D eigenvalue weighted by Crippen LogP contribution is -2.43. The van der Waals surface area contributed by atoms with Crippen LogP contribution < -0.4 is 10.6 Å². The van der Waals surface area contributed by atoms with Gasteiger partial charge in [-0.25, -0.2) is 9.97 Å². The number of nitrogens with zero attached hydrogens (tertiary/aromatic N) is 4. The Kier molecular flexibility index (Phi) is 10.6. The first kappa shape index (κ1) is 24.3. The summed E-state index contributed by atoms with van der Waals surface area (Å²) in [5, 5.41) is 10.7. The Morgan fingerprint density at radius 2 is 2.10 bits per heavy atom. The van der Waals surface area contributed by atoms with Gasteiger partial charge < -0.3 is 10.6 Å². The molecule has 1 aliphatic rings. The number of rotatable bonds is 7. The number of aryl methyl sites for hydroxylation is 1. The second-order valence-corrected chi connectivity index (χ2v) is 8.65. The van der Waals surface area contributed by atoms with E-state index in [4.69, 9.17) is 11.6 Å². The summed E-state index contributed by atoms with van der Waals surface area (Å²) in [5.74, 6) is 1.55. The number of nitrogens with one attached hydrogen (secondary N) is 2. The SMILES string of the molecule is CN=C(NCCc1ccc(Cl)nc1)NCC1CCN(Cc2csc(C)n2)CC1.I. The fourth-order valence-corrected chi connectivity index (χ4v) is 4.12. The second kappa shape index (κ2) is 12.7. The van der Waals surface area contributed by atoms with E-state index in [2.05, 4.69) is 42.8 Å². The maximum absolute atomic E-state index is 5.82. The van der Waals surface area contributed by atoms with Crippen molar-refractivity contribution in [3.63, 3.8) is 0 Å². The highest BCUT2D eigenvalue weighted by Crippen LogP contribution is 2.19. The summed E-state index contributed by atoms with van der Waals surface area (Å²) in [7, 11) is 1.82. The average Bonchev–Trinajstić information content (AvgIpc) is 3.12. The minimum atomic E-state index is 0. The van der Waals surface area contributed by atoms with Gasteiger partial charge in [0.05, 0.1) is 10.7 Å². The largest absolute Gasteiger partial charge is 0.356 e. The molecule has 0 amide bonds. The Balaban J connectivity index is 0.00000300. The van der Waals surface area contributed by atoms with Crippen LogP contribution in [0, 0.1) is 12.8 Å². The summed E-state index contributed by atoms with van der Waals surface area (Å²) in [6.07, 6.45) is 5.13. The average molecular weight is 549 g/mol. The molecule has 0 bridgehead atoms. The van der Waals surface area contributed by atoms with Gasteiger partial charge in [0.1, 0.15) is 5.15 Å². The number of pyridine rings is 1. The van der Waals surface area contributed by atoms with E-state index in [1.54, 1.807) is 11.3 Å². The maximum Gasteiger partial charge on any atom is 0.190 e. The third-order valence-corrected chi connectivity index (χ3v) is 6.08. The van der Waals surface area contributed by atoms with Gasteiger partial charge in [-0.15, -0.1) is 35.3 Å². The summed E-state index contributed by atoms with van der Waals surface area (Å²) in [6, 6.07) is 3.83. The van der Waals surface area contributed by atoms with Crippen molar-refractivity contribution in [1.29, 1.82) is 0 Å². The number of halogens is 2. The second-order valence-electron chi connectivity index (χ2n) is 7.20. The predicted molar refractivity (Wildman–Crippen MR) is 133 cm³/mol. The maximum atomic E-state index is 5.82. The van der Waals surface area contributed by atoms with Gasteiger partial charge in [0, 0.05) is 38.3 Å². The predicted octanol–water partition coefficient (Wildman–Crippen LogP) is 3.74. The summed E-state index contributed by atoms with van der Waals surface area (Å²) in [4.78, 5) is 15.5. The molecule has 1 saturated heterocycles. The summed E-state index contributed by atoms with van der Waals surface area (Å²) in [5.41, 5.74) is 2.37. The first-order valence-corrected chi connectivity index (χ1v) is 11.1. The smallest absolute Gasteiger partial charge is 0.190 e. The van der Waals surface area contributed by atoms with E-state index in [9.17, 15) is 0 Å². The molecule has 2 aromatic rings. The molecule has 0 aromatic carbocycles. The van der Waals surface area contributed by atoms with Gasteiger partial charge in [-0.05, 0) is 56.8 Å². The van der Waals surface area contributed by atoms with E-state index in [0.717, 1.165) is 55.7 Å². The Morgan fingerprint density at radius 1 is 1.31 bits per heavy atom. The Hall–Kier alpha value is -0.970. The number of thiazole rings is 1. The van der Waals surface area contributed by atoms with Crippen LogP contribution in [0.1, 0.15) is 29.1 Å². The van der Waals surface area contributed by atoms with Crippen LogP contribution >= 0.6 is 46.9 Å². The molecule has 0 aliphatic carbocycles. The monoisotopic (exact) mass is 548 g/mol. The van der Waals surface area contributed by atoms with Gasteiger partial charge in [-0.3, -0.25) is 9.89 Å². The van der Waals surface area contributed by atoms with Gasteiger partial charge in [0.15, 0.2) is 5.96 Å². The first-order valence-electron chi connectivity index (χ1n) is 9.80. The van der Waals surface area contributed by atoms with Crippen LogP contribution in [0.3, 0.4) is 0 Å². The van der Waals surface area contributed by atoms with Gasteiger partial charge in [0.2, 0.25) is 0 Å². The van der Waals surface area contributed by atoms with Crippen LogP contribution in [0.5, 0.6) is 0 Å². The molecular formula is C20H30ClIN6S. The third kappa shape index (κ3) is 8.35. The van der Waals surface area contributed by atoms with Crippen molar-refractivity contribution in [2.24, 2.45) is 10.9 Å². The number of aromatic nitrogens is 2. The molecule has 1 aliphatic heterocycles. The van der Waals surface area contributed by atoms with E-state index >= 15 is 0 Å². The highest BCUT2D eigenvalue weighted by molar-refractivity contribution is 14.0. The molecule has 6 nitrogen and oxygen atoms in total. The number of hydrogen-bond donors (Lipinski definition) is 2. The van der Waals surface area contributed by atoms with E-state index in [1.807, 2.05) is 25.4 Å². The zero-order valence-electron chi connectivity index (χ0n) is 17.0. The minimum absolute atomic E-state index is 0. The number of hydrogen-bond acceptors (Lipinski definition) is 5. The number of aliphatic imine (C=N–C) groups is 1. The highest BCUT2D eigenvalue weighted by Gasteiger charge is 2.20. The molecule has 2 N–H and O–H groups in total. The fourth-order valence-electron chi connectivity index (χ4n) is 3.40. The topological polar surface area (TPSA) is 65.4 Å². The van der Waals surface area contributed by atoms with Crippen molar-refractivity contribution in [2.45, 2.75) is 32.7 Å². The van der Waals surface area contributed by atoms with Crippen molar-refractivity contribution in [2.75, 3.05) is 33.2 Å². The lowest BCUT2D eigenvalue weighted by molar-refractivity contribution is 0.176. The fraction of sp³-hybridized carbons (Fsp3) is 0.550. The molecule has 3 rings (SSSR count). The Labute approximate surface area is 199 Å². The van der Waals surface area contributed by atoms with E-state index in [-0.39, 0.29) is 24.0 Å². The van der Waals surface area contributed by atoms with Crippen molar-refractivity contribution < 1.29 is 0 Å². The Morgan fingerprint density at radius 3 is 2.72 bits per heavy atom. The first-order chi connectivity index (χ1) is 13.6. The molecule has 1 fully saturated rings. The zero-order valence-corrected chi connectivity index (χ0v) is 20.9. The molecule has 0 unspecified atom stereocenters. The van der Waals surface area contributed by atoms with E-state index < -0.39 is 0 Å². The Bertz CT molecular complexity index is 759. The van der Waals surface area contributed by atoms with Gasteiger partial charge >= 0.3 is 0 Å². The van der Waals surface area contributed by atoms with Gasteiger partial charge in [-0.1, -0.05) is 17.7 Å². The normalized spacial score (nSPS) is 15.8. The molecule has 3 heterocycles. The van der Waals surface area contributed by atoms with Crippen LogP contribution in [-0.2, 0) is 13.0 Å². The number of guanidine groups is 1. The summed E-state index contributed by atoms with van der Waals surface area (Å²) >= 11 is 7.56. The van der Waals surface area contributed by atoms with Crippen LogP contribution in [0.15, 0.2) is 28.7 Å². The van der Waals surface area contributed by atoms with E-state index in [0.29, 0.717) is 11.1 Å². The van der Waals surface area contributed by atoms with Gasteiger partial charge in [-0.2, -0.15) is 0 Å². The molecule has 0 atom stereocenters. The van der Waals surface area contributed by atoms with Crippen LogP contribution in [0.25, 0.3) is 0 Å².